The maximum absolute atomic E-state index is 13.3. The summed E-state index contributed by atoms with van der Waals surface area (Å²) in [4.78, 5) is 0. The van der Waals surface area contributed by atoms with Crippen LogP contribution in [0.2, 0.25) is 0 Å². The largest absolute Gasteiger partial charge is 0.207 e. The zero-order chi connectivity index (χ0) is 45.3. The average Bonchev–Trinajstić information content (AvgIpc) is 3.98. The van der Waals surface area contributed by atoms with Crippen molar-refractivity contribution < 1.29 is 8.78 Å². The Morgan fingerprint density at radius 2 is 0.678 bits per heavy atom. The zero-order valence-electron chi connectivity index (χ0n) is 41.5. The second-order valence-corrected chi connectivity index (χ2v) is 20.2. The highest BCUT2D eigenvalue weighted by atomic mass is 19.1. The summed E-state index contributed by atoms with van der Waals surface area (Å²) in [5.74, 6) is 7.87. The van der Waals surface area contributed by atoms with E-state index >= 15 is 0 Å². The van der Waals surface area contributed by atoms with Gasteiger partial charge in [0.1, 0.15) is 11.6 Å². The van der Waals surface area contributed by atoms with Crippen molar-refractivity contribution in [2.24, 2.45) is 23.7 Å². The third-order valence-corrected chi connectivity index (χ3v) is 11.7. The molecule has 2 heteroatoms. The lowest BCUT2D eigenvalue weighted by Gasteiger charge is -2.14. The fourth-order valence-electron chi connectivity index (χ4n) is 7.27. The van der Waals surface area contributed by atoms with Crippen molar-refractivity contribution in [3.8, 4) is 0 Å². The van der Waals surface area contributed by atoms with Gasteiger partial charge in [-0.3, -0.25) is 0 Å². The molecule has 2 unspecified atom stereocenters. The van der Waals surface area contributed by atoms with E-state index in [4.69, 9.17) is 0 Å². The van der Waals surface area contributed by atoms with Crippen LogP contribution in [-0.4, -0.2) is 0 Å². The van der Waals surface area contributed by atoms with E-state index in [9.17, 15) is 8.78 Å². The standard InChI is InChI=1S/2C12H17F.2C12H18.C9H18/c1-8(2)10-5-11(9(3)4)7-12(13)6-10;1-8(2)10-5-6-12(13)11(7-10)9(3)4;1-9(2)11-6-5-7-12(8-11)10(3)4;1-9(2)11-7-5-6-8-12(11)10(3)4;1-6(2)8-5-9(8)7(3)4/h2*5-9H,1-4H3;2*5-10H,1-4H3;6-9H,5H2,1-4H3. The van der Waals surface area contributed by atoms with Crippen LogP contribution in [0.25, 0.3) is 0 Å². The lowest BCUT2D eigenvalue weighted by molar-refractivity contribution is 0.448. The van der Waals surface area contributed by atoms with Gasteiger partial charge in [0, 0.05) is 0 Å². The summed E-state index contributed by atoms with van der Waals surface area (Å²) < 4.78 is 26.4. The van der Waals surface area contributed by atoms with Gasteiger partial charge in [-0.1, -0.05) is 205 Å². The van der Waals surface area contributed by atoms with Gasteiger partial charge in [0.05, 0.1) is 0 Å². The van der Waals surface area contributed by atoms with E-state index in [0.717, 1.165) is 40.4 Å². The maximum atomic E-state index is 13.3. The summed E-state index contributed by atoms with van der Waals surface area (Å²) in [5, 5.41) is 0. The topological polar surface area (TPSA) is 0 Å². The lowest BCUT2D eigenvalue weighted by atomic mass is 9.91. The minimum atomic E-state index is -0.116. The summed E-state index contributed by atoms with van der Waals surface area (Å²) in [6.07, 6.45) is 1.50. The Bertz CT molecular complexity index is 1660. The number of rotatable bonds is 10. The third-order valence-electron chi connectivity index (χ3n) is 11.7. The van der Waals surface area contributed by atoms with E-state index in [1.54, 1.807) is 18.2 Å². The van der Waals surface area contributed by atoms with Gasteiger partial charge in [-0.25, -0.2) is 8.78 Å². The summed E-state index contributed by atoms with van der Waals surface area (Å²) >= 11 is 0. The molecule has 0 bridgehead atoms. The van der Waals surface area contributed by atoms with Crippen LogP contribution in [0, 0.1) is 35.3 Å². The number of benzene rings is 4. The first kappa shape index (κ1) is 53.8. The molecule has 5 rings (SSSR count). The number of halogens is 2. The second kappa shape index (κ2) is 26.2. The van der Waals surface area contributed by atoms with Crippen molar-refractivity contribution in [3.63, 3.8) is 0 Å². The molecule has 0 nitrogen and oxygen atoms in total. The maximum Gasteiger partial charge on any atom is 0.126 e. The Morgan fingerprint density at radius 1 is 0.339 bits per heavy atom. The Labute approximate surface area is 364 Å². The van der Waals surface area contributed by atoms with E-state index in [1.807, 2.05) is 26.0 Å². The van der Waals surface area contributed by atoms with E-state index in [1.165, 1.54) is 34.2 Å². The summed E-state index contributed by atoms with van der Waals surface area (Å²) in [7, 11) is 0. The molecule has 0 heterocycles. The molecule has 4 aromatic rings. The van der Waals surface area contributed by atoms with Crippen LogP contribution < -0.4 is 0 Å². The first-order chi connectivity index (χ1) is 27.4. The summed E-state index contributed by atoms with van der Waals surface area (Å²) in [5.41, 5.74) is 10.1. The minimum absolute atomic E-state index is 0.0839. The van der Waals surface area contributed by atoms with Gasteiger partial charge in [0.15, 0.2) is 0 Å². The van der Waals surface area contributed by atoms with Gasteiger partial charge in [0.25, 0.3) is 0 Å². The molecule has 1 aliphatic rings. The first-order valence-corrected chi connectivity index (χ1v) is 23.2. The predicted molar refractivity (Wildman–Crippen MR) is 260 cm³/mol. The van der Waals surface area contributed by atoms with Gasteiger partial charge in [-0.15, -0.1) is 0 Å². The molecule has 1 fully saturated rings. The Balaban J connectivity index is 0.000000370. The van der Waals surface area contributed by atoms with Gasteiger partial charge < -0.3 is 0 Å². The Kier molecular flexibility index (Phi) is 23.8. The minimum Gasteiger partial charge on any atom is -0.207 e. The molecular formula is C57H88F2. The van der Waals surface area contributed by atoms with Crippen molar-refractivity contribution >= 4 is 0 Å². The van der Waals surface area contributed by atoms with Gasteiger partial charge in [-0.05, 0) is 140 Å². The van der Waals surface area contributed by atoms with Crippen LogP contribution >= 0.6 is 0 Å². The normalized spacial score (nSPS) is 14.7. The highest BCUT2D eigenvalue weighted by Gasteiger charge is 2.40. The Hall–Kier alpha value is -3.26. The quantitative estimate of drug-likeness (QED) is 0.150. The molecule has 0 amide bonds. The first-order valence-electron chi connectivity index (χ1n) is 23.2. The van der Waals surface area contributed by atoms with Gasteiger partial charge in [0.2, 0.25) is 0 Å². The van der Waals surface area contributed by atoms with Gasteiger partial charge >= 0.3 is 0 Å². The molecule has 0 saturated heterocycles. The molecule has 330 valence electrons. The molecule has 0 aliphatic heterocycles. The van der Waals surface area contributed by atoms with E-state index in [2.05, 4.69) is 179 Å². The second-order valence-electron chi connectivity index (χ2n) is 20.2. The van der Waals surface area contributed by atoms with Gasteiger partial charge in [-0.2, -0.15) is 0 Å². The van der Waals surface area contributed by atoms with Crippen LogP contribution in [0.5, 0.6) is 0 Å². The highest BCUT2D eigenvalue weighted by Crippen LogP contribution is 2.48. The van der Waals surface area contributed by atoms with E-state index in [-0.39, 0.29) is 17.6 Å². The molecule has 0 N–H and O–H groups in total. The molecule has 4 aromatic carbocycles. The van der Waals surface area contributed by atoms with Crippen molar-refractivity contribution in [2.45, 2.75) is 192 Å². The van der Waals surface area contributed by atoms with Crippen LogP contribution in [-0.2, 0) is 0 Å². The smallest absolute Gasteiger partial charge is 0.126 e. The van der Waals surface area contributed by atoms with E-state index in [0.29, 0.717) is 41.4 Å². The molecule has 0 spiro atoms. The number of hydrogen-bond donors (Lipinski definition) is 0. The fraction of sp³-hybridized carbons (Fsp3) is 0.579. The molecule has 0 aromatic heterocycles. The Morgan fingerprint density at radius 3 is 0.983 bits per heavy atom. The molecule has 1 saturated carbocycles. The molecule has 0 radical (unpaired) electrons. The fourth-order valence-corrected chi connectivity index (χ4v) is 7.27. The SMILES string of the molecule is CC(C)C1CC1C(C)C.CC(C)c1cc(F)cc(C(C)C)c1.CC(C)c1ccc(F)c(C(C)C)c1.CC(C)c1cccc(C(C)C)c1.CC(C)c1ccccc1C(C)C. The van der Waals surface area contributed by atoms with Crippen LogP contribution in [0.1, 0.15) is 237 Å². The van der Waals surface area contributed by atoms with Crippen LogP contribution in [0.4, 0.5) is 8.78 Å². The van der Waals surface area contributed by atoms with E-state index < -0.39 is 0 Å². The molecule has 59 heavy (non-hydrogen) atoms. The number of hydrogen-bond acceptors (Lipinski definition) is 0. The van der Waals surface area contributed by atoms with Crippen molar-refractivity contribution in [1.82, 2.24) is 0 Å². The summed E-state index contributed by atoms with van der Waals surface area (Å²) in [6.45, 7) is 43.9. The average molecular weight is 811 g/mol. The molecular weight excluding hydrogens is 723 g/mol. The van der Waals surface area contributed by atoms with Crippen molar-refractivity contribution in [1.29, 1.82) is 0 Å². The highest BCUT2D eigenvalue weighted by molar-refractivity contribution is 5.32. The predicted octanol–water partition coefficient (Wildman–Crippen LogP) is 18.9. The van der Waals surface area contributed by atoms with Crippen molar-refractivity contribution in [3.05, 3.63) is 141 Å². The summed E-state index contributed by atoms with van der Waals surface area (Å²) in [6, 6.07) is 28.4. The third kappa shape index (κ3) is 19.3. The van der Waals surface area contributed by atoms with Crippen LogP contribution in [0.15, 0.2) is 84.9 Å². The lowest BCUT2D eigenvalue weighted by Crippen LogP contribution is -1.97. The van der Waals surface area contributed by atoms with Crippen LogP contribution in [0.3, 0.4) is 0 Å². The molecule has 2 atom stereocenters. The van der Waals surface area contributed by atoms with Crippen molar-refractivity contribution in [2.75, 3.05) is 0 Å². The zero-order valence-corrected chi connectivity index (χ0v) is 41.5. The monoisotopic (exact) mass is 811 g/mol. The molecule has 1 aliphatic carbocycles.